The number of aromatic nitrogens is 3. The van der Waals surface area contributed by atoms with E-state index in [1.807, 2.05) is 11.0 Å². The van der Waals surface area contributed by atoms with Crippen LogP contribution < -0.4 is 10.3 Å². The van der Waals surface area contributed by atoms with Crippen LogP contribution in [0.2, 0.25) is 0 Å². The smallest absolute Gasteiger partial charge is 0.406 e. The number of nitrogens with zero attached hydrogens (tertiary/aromatic N) is 3. The first kappa shape index (κ1) is 26.4. The van der Waals surface area contributed by atoms with Crippen molar-refractivity contribution in [3.05, 3.63) is 99.6 Å². The van der Waals surface area contributed by atoms with Crippen molar-refractivity contribution >= 4 is 0 Å². The lowest BCUT2D eigenvalue weighted by Gasteiger charge is -2.27. The highest BCUT2D eigenvalue weighted by molar-refractivity contribution is 5.61. The van der Waals surface area contributed by atoms with Crippen LogP contribution in [0.4, 0.5) is 26.3 Å². The molecule has 0 unspecified atom stereocenters. The van der Waals surface area contributed by atoms with Crippen LogP contribution in [0.1, 0.15) is 22.4 Å². The van der Waals surface area contributed by atoms with E-state index >= 15 is 0 Å². The van der Waals surface area contributed by atoms with E-state index in [2.05, 4.69) is 19.7 Å². The summed E-state index contributed by atoms with van der Waals surface area (Å²) in [6, 6.07) is 13.5. The first-order valence-electron chi connectivity index (χ1n) is 11.8. The Hall–Kier alpha value is -4.19. The number of nitrogens with one attached hydrogen (secondary N) is 1. The first-order chi connectivity index (χ1) is 18.4. The van der Waals surface area contributed by atoms with E-state index in [9.17, 15) is 31.1 Å². The molecule has 0 spiro atoms. The number of H-pyrrole nitrogens is 1. The van der Waals surface area contributed by atoms with Crippen LogP contribution in [0, 0.1) is 0 Å². The van der Waals surface area contributed by atoms with Crippen LogP contribution in [-0.2, 0) is 25.7 Å². The summed E-state index contributed by atoms with van der Waals surface area (Å²) in [7, 11) is 0. The lowest BCUT2D eigenvalue weighted by molar-refractivity contribution is -0.274. The van der Waals surface area contributed by atoms with Crippen LogP contribution in [0.15, 0.2) is 71.7 Å². The molecule has 0 atom stereocenters. The molecule has 4 aromatic rings. The topological polar surface area (TPSA) is 71.1 Å². The Morgan fingerprint density at radius 1 is 0.949 bits per heavy atom. The highest BCUT2D eigenvalue weighted by Crippen LogP contribution is 2.31. The second kappa shape index (κ2) is 10.2. The molecule has 0 amide bonds. The number of benzene rings is 2. The molecular weight excluding hydrogens is 526 g/mol. The maximum absolute atomic E-state index is 12.8. The van der Waals surface area contributed by atoms with E-state index in [0.29, 0.717) is 54.1 Å². The quantitative estimate of drug-likeness (QED) is 0.312. The third kappa shape index (κ3) is 6.28. The molecule has 202 valence electrons. The zero-order valence-corrected chi connectivity index (χ0v) is 20.1. The zero-order chi connectivity index (χ0) is 27.8. The Kier molecular flexibility index (Phi) is 6.89. The van der Waals surface area contributed by atoms with Gasteiger partial charge in [-0.3, -0.25) is 14.7 Å². The molecule has 0 saturated heterocycles. The molecule has 2 aromatic carbocycles. The van der Waals surface area contributed by atoms with Crippen molar-refractivity contribution in [3.63, 3.8) is 0 Å². The van der Waals surface area contributed by atoms with E-state index in [-0.39, 0.29) is 17.1 Å². The van der Waals surface area contributed by atoms with Crippen molar-refractivity contribution in [1.82, 2.24) is 19.9 Å². The molecule has 12 heteroatoms. The molecule has 39 heavy (non-hydrogen) atoms. The molecule has 5 rings (SSSR count). The maximum Gasteiger partial charge on any atom is 0.573 e. The number of ether oxygens (including phenoxy) is 1. The molecule has 2 aromatic heterocycles. The normalized spacial score (nSPS) is 14.2. The second-order valence-electron chi connectivity index (χ2n) is 9.00. The summed E-state index contributed by atoms with van der Waals surface area (Å²) in [5.74, 6) is -0.122. The Bertz CT molecular complexity index is 1530. The average Bonchev–Trinajstić information content (AvgIpc) is 2.88. The van der Waals surface area contributed by atoms with E-state index < -0.39 is 18.1 Å². The van der Waals surface area contributed by atoms with Gasteiger partial charge in [0.05, 0.1) is 22.5 Å². The minimum Gasteiger partial charge on any atom is -0.406 e. The molecule has 1 aliphatic rings. The van der Waals surface area contributed by atoms with E-state index in [1.54, 1.807) is 18.3 Å². The Labute approximate surface area is 217 Å². The molecule has 1 N–H and O–H groups in total. The highest BCUT2D eigenvalue weighted by atomic mass is 19.4. The van der Waals surface area contributed by atoms with Crippen molar-refractivity contribution in [2.45, 2.75) is 32.0 Å². The Morgan fingerprint density at radius 2 is 1.72 bits per heavy atom. The fourth-order valence-electron chi connectivity index (χ4n) is 4.37. The third-order valence-corrected chi connectivity index (χ3v) is 6.23. The highest BCUT2D eigenvalue weighted by Gasteiger charge is 2.31. The van der Waals surface area contributed by atoms with E-state index in [1.165, 1.54) is 30.3 Å². The monoisotopic (exact) mass is 546 g/mol. The predicted octanol–water partition coefficient (Wildman–Crippen LogP) is 5.97. The maximum atomic E-state index is 12.8. The fourth-order valence-corrected chi connectivity index (χ4v) is 4.37. The van der Waals surface area contributed by atoms with Crippen molar-refractivity contribution in [2.75, 3.05) is 6.54 Å². The fraction of sp³-hybridized carbons (Fsp3) is 0.222. The predicted molar refractivity (Wildman–Crippen MR) is 129 cm³/mol. The summed E-state index contributed by atoms with van der Waals surface area (Å²) in [6.07, 6.45) is -7.14. The largest absolute Gasteiger partial charge is 0.573 e. The van der Waals surface area contributed by atoms with Gasteiger partial charge < -0.3 is 9.72 Å². The van der Waals surface area contributed by atoms with Gasteiger partial charge in [0.1, 0.15) is 11.6 Å². The number of alkyl halides is 6. The van der Waals surface area contributed by atoms with Gasteiger partial charge in [-0.2, -0.15) is 13.2 Å². The van der Waals surface area contributed by atoms with Crippen molar-refractivity contribution in [3.8, 4) is 28.4 Å². The van der Waals surface area contributed by atoms with Gasteiger partial charge in [-0.05, 0) is 35.9 Å². The first-order valence-corrected chi connectivity index (χ1v) is 11.8. The summed E-state index contributed by atoms with van der Waals surface area (Å²) in [6.45, 7) is 1.39. The molecular formula is C27H20F6N4O2. The third-order valence-electron chi connectivity index (χ3n) is 6.23. The van der Waals surface area contributed by atoms with Gasteiger partial charge in [0.15, 0.2) is 0 Å². The van der Waals surface area contributed by atoms with Gasteiger partial charge in [0.25, 0.3) is 5.56 Å². The average molecular weight is 546 g/mol. The lowest BCUT2D eigenvalue weighted by Crippen LogP contribution is -2.35. The molecule has 0 saturated carbocycles. The zero-order valence-electron chi connectivity index (χ0n) is 20.1. The van der Waals surface area contributed by atoms with Crippen LogP contribution in [0.5, 0.6) is 5.75 Å². The summed E-state index contributed by atoms with van der Waals surface area (Å²) >= 11 is 0. The van der Waals surface area contributed by atoms with Gasteiger partial charge in [-0.1, -0.05) is 30.3 Å². The van der Waals surface area contributed by atoms with E-state index in [0.717, 1.165) is 17.7 Å². The van der Waals surface area contributed by atoms with Crippen LogP contribution in [0.3, 0.4) is 0 Å². The molecule has 3 heterocycles. The molecule has 0 bridgehead atoms. The van der Waals surface area contributed by atoms with Crippen LogP contribution in [0.25, 0.3) is 22.6 Å². The summed E-state index contributed by atoms with van der Waals surface area (Å²) in [5.41, 5.74) is 2.12. The van der Waals surface area contributed by atoms with Gasteiger partial charge >= 0.3 is 12.5 Å². The van der Waals surface area contributed by atoms with E-state index in [4.69, 9.17) is 0 Å². The van der Waals surface area contributed by atoms with Crippen molar-refractivity contribution in [1.29, 1.82) is 0 Å². The molecule has 0 radical (unpaired) electrons. The van der Waals surface area contributed by atoms with Crippen LogP contribution in [-0.4, -0.2) is 32.8 Å². The number of pyridine rings is 1. The molecule has 0 aliphatic carbocycles. The van der Waals surface area contributed by atoms with Crippen LogP contribution >= 0.6 is 0 Å². The molecule has 1 aliphatic heterocycles. The summed E-state index contributed by atoms with van der Waals surface area (Å²) < 4.78 is 80.0. The van der Waals surface area contributed by atoms with Gasteiger partial charge in [0, 0.05) is 43.4 Å². The molecule has 0 fully saturated rings. The number of rotatable bonds is 5. The number of aromatic amines is 1. The number of hydrogen-bond acceptors (Lipinski definition) is 5. The standard InChI is InChI=1S/C27H20F6N4O2/c28-26(29,30)19-7-5-17(6-8-19)24-35-23-10-11-37(15-21(23)25(38)36-24)14-16-4-9-22(34-13-16)18-2-1-3-20(12-18)39-27(31,32)33/h1-9,12-13H,10-11,14-15H2,(H,35,36,38). The minimum absolute atomic E-state index is 0.213. The van der Waals surface area contributed by atoms with Gasteiger partial charge in [-0.15, -0.1) is 13.2 Å². The summed E-state index contributed by atoms with van der Waals surface area (Å²) in [4.78, 5) is 26.4. The van der Waals surface area contributed by atoms with Crippen molar-refractivity contribution < 1.29 is 31.1 Å². The number of fused-ring (bicyclic) bond motifs is 1. The SMILES string of the molecule is O=c1[nH]c(-c2ccc(C(F)(F)F)cc2)nc2c1CN(Cc1ccc(-c3cccc(OC(F)(F)F)c3)nc1)CC2. The van der Waals surface area contributed by atoms with Crippen molar-refractivity contribution in [2.24, 2.45) is 0 Å². The number of hydrogen-bond donors (Lipinski definition) is 1. The number of halogens is 6. The van der Waals surface area contributed by atoms with Gasteiger partial charge in [0.2, 0.25) is 0 Å². The minimum atomic E-state index is -4.79. The Balaban J connectivity index is 1.27. The Morgan fingerprint density at radius 3 is 2.38 bits per heavy atom. The second-order valence-corrected chi connectivity index (χ2v) is 9.00. The summed E-state index contributed by atoms with van der Waals surface area (Å²) in [5, 5.41) is 0. The lowest BCUT2D eigenvalue weighted by atomic mass is 10.0. The molecule has 6 nitrogen and oxygen atoms in total. The van der Waals surface area contributed by atoms with Gasteiger partial charge in [-0.25, -0.2) is 4.98 Å².